The summed E-state index contributed by atoms with van der Waals surface area (Å²) >= 11 is 1.43. The van der Waals surface area contributed by atoms with Gasteiger partial charge in [-0.05, 0) is 4.37 Å². The van der Waals surface area contributed by atoms with E-state index in [0.29, 0.717) is 0 Å². The molecule has 0 aliphatic rings. The lowest BCUT2D eigenvalue weighted by molar-refractivity contribution is -0.586. The quantitative estimate of drug-likeness (QED) is 0.450. The van der Waals surface area contributed by atoms with Gasteiger partial charge in [0.15, 0.2) is 6.20 Å². The molecule has 52 valence electrons. The molecule has 0 fully saturated rings. The van der Waals surface area contributed by atoms with Crippen LogP contribution in [-0.4, -0.2) is 11.4 Å². The average molecular weight is 166 g/mol. The van der Waals surface area contributed by atoms with Gasteiger partial charge in [-0.1, -0.05) is 0 Å². The lowest BCUT2D eigenvalue weighted by Crippen LogP contribution is -3.00. The third-order valence-electron chi connectivity index (χ3n) is 0.940. The molecule has 0 unspecified atom stereocenters. The first-order valence-corrected chi connectivity index (χ1v) is 3.06. The van der Waals surface area contributed by atoms with Gasteiger partial charge in [0.1, 0.15) is 0 Å². The van der Waals surface area contributed by atoms with Crippen molar-refractivity contribution in [3.63, 3.8) is 0 Å². The molecule has 9 heavy (non-hydrogen) atoms. The highest BCUT2D eigenvalue weighted by molar-refractivity contribution is 6.94. The summed E-state index contributed by atoms with van der Waals surface area (Å²) in [5.41, 5.74) is 0. The molecule has 0 atom stereocenters. The highest BCUT2D eigenvalue weighted by atomic mass is 35.5. The van der Waals surface area contributed by atoms with Gasteiger partial charge in [-0.25, -0.2) is 0 Å². The van der Waals surface area contributed by atoms with Gasteiger partial charge in [-0.2, -0.15) is 3.96 Å². The lowest BCUT2D eigenvalue weighted by atomic mass is 10.7. The summed E-state index contributed by atoms with van der Waals surface area (Å²) < 4.78 is 5.89. The maximum Gasteiger partial charge on any atom is 0.268 e. The van der Waals surface area contributed by atoms with Gasteiger partial charge in [0.2, 0.25) is 11.7 Å². The Balaban J connectivity index is 0.000000640. The van der Waals surface area contributed by atoms with Crippen LogP contribution in [0.3, 0.4) is 0 Å². The zero-order valence-electron chi connectivity index (χ0n) is 5.26. The van der Waals surface area contributed by atoms with Gasteiger partial charge in [-0.15, -0.1) is 0 Å². The molecule has 3 nitrogen and oxygen atoms in total. The molecule has 1 aromatic rings. The summed E-state index contributed by atoms with van der Waals surface area (Å²) in [6.07, 6.45) is 1.80. The molecule has 1 aromatic heterocycles. The Hall–Kier alpha value is -0.350. The van der Waals surface area contributed by atoms with E-state index in [9.17, 15) is 0 Å². The average Bonchev–Trinajstić information content (AvgIpc) is 2.14. The minimum absolute atomic E-state index is 0. The van der Waals surface area contributed by atoms with E-state index in [-0.39, 0.29) is 12.4 Å². The van der Waals surface area contributed by atoms with Crippen LogP contribution < -0.4 is 21.7 Å². The number of rotatable bonds is 1. The summed E-state index contributed by atoms with van der Waals surface area (Å²) in [5.74, 6) is 1.05. The van der Waals surface area contributed by atoms with Crippen LogP contribution in [0.15, 0.2) is 6.20 Å². The standard InChI is InChI=1S/C4H7N3S.ClH/c1-5-4-3-6-8-7(4)2;/h3H,1-2H3;1H. The first kappa shape index (κ1) is 8.65. The Morgan fingerprint density at radius 2 is 2.44 bits per heavy atom. The van der Waals surface area contributed by atoms with Crippen LogP contribution >= 0.6 is 11.7 Å². The van der Waals surface area contributed by atoms with Crippen LogP contribution in [0.25, 0.3) is 0 Å². The predicted molar refractivity (Wildman–Crippen MR) is 32.8 cm³/mol. The first-order chi connectivity index (χ1) is 3.84. The molecular formula is C4H8ClN3S. The third-order valence-corrected chi connectivity index (χ3v) is 1.58. The fourth-order valence-electron chi connectivity index (χ4n) is 0.491. The summed E-state index contributed by atoms with van der Waals surface area (Å²) in [7, 11) is 3.84. The molecule has 1 N–H and O–H groups in total. The molecule has 0 radical (unpaired) electrons. The van der Waals surface area contributed by atoms with Crippen LogP contribution in [0.2, 0.25) is 0 Å². The third kappa shape index (κ3) is 1.80. The SMILES string of the molecule is CNc1cns[n+]1C.[Cl-]. The number of anilines is 1. The predicted octanol–water partition coefficient (Wildman–Crippen LogP) is -2.99. The van der Waals surface area contributed by atoms with Gasteiger partial charge in [0.05, 0.1) is 14.1 Å². The molecule has 0 aliphatic carbocycles. The van der Waals surface area contributed by atoms with Crippen molar-refractivity contribution >= 4 is 17.5 Å². The summed E-state index contributed by atoms with van der Waals surface area (Å²) in [6, 6.07) is 0. The van der Waals surface area contributed by atoms with Crippen LogP contribution in [-0.2, 0) is 7.05 Å². The molecule has 0 aromatic carbocycles. The van der Waals surface area contributed by atoms with Gasteiger partial charge in [0, 0.05) is 0 Å². The Bertz CT molecular complexity index is 176. The normalized spacial score (nSPS) is 8.22. The Kier molecular flexibility index (Phi) is 3.49. The number of nitrogens with zero attached hydrogens (tertiary/aromatic N) is 2. The van der Waals surface area contributed by atoms with E-state index < -0.39 is 0 Å². The monoisotopic (exact) mass is 165 g/mol. The zero-order chi connectivity index (χ0) is 5.98. The Morgan fingerprint density at radius 3 is 2.67 bits per heavy atom. The fourth-order valence-corrected chi connectivity index (χ4v) is 1.01. The van der Waals surface area contributed by atoms with Gasteiger partial charge in [0.25, 0.3) is 5.82 Å². The maximum absolute atomic E-state index is 3.93. The maximum atomic E-state index is 3.93. The molecule has 0 saturated carbocycles. The highest BCUT2D eigenvalue weighted by Gasteiger charge is 2.01. The van der Waals surface area contributed by atoms with Crippen LogP contribution in [0, 0.1) is 0 Å². The molecule has 0 amide bonds. The Morgan fingerprint density at radius 1 is 1.78 bits per heavy atom. The van der Waals surface area contributed by atoms with Crippen LogP contribution in [0.4, 0.5) is 5.82 Å². The number of aryl methyl sites for hydroxylation is 1. The van der Waals surface area contributed by atoms with Crippen molar-refractivity contribution in [1.82, 2.24) is 4.37 Å². The minimum atomic E-state index is 0. The van der Waals surface area contributed by atoms with Crippen molar-refractivity contribution in [2.24, 2.45) is 7.05 Å². The van der Waals surface area contributed by atoms with Crippen molar-refractivity contribution in [3.05, 3.63) is 6.20 Å². The van der Waals surface area contributed by atoms with Crippen molar-refractivity contribution in [1.29, 1.82) is 0 Å². The van der Waals surface area contributed by atoms with E-state index >= 15 is 0 Å². The lowest BCUT2D eigenvalue weighted by Gasteiger charge is -1.85. The van der Waals surface area contributed by atoms with Crippen LogP contribution in [0.5, 0.6) is 0 Å². The van der Waals surface area contributed by atoms with Gasteiger partial charge >= 0.3 is 0 Å². The van der Waals surface area contributed by atoms with Crippen LogP contribution in [0.1, 0.15) is 0 Å². The largest absolute Gasteiger partial charge is 1.00 e. The van der Waals surface area contributed by atoms with E-state index in [4.69, 9.17) is 0 Å². The second kappa shape index (κ2) is 3.63. The second-order valence-electron chi connectivity index (χ2n) is 1.45. The molecule has 1 heterocycles. The molecular weight excluding hydrogens is 158 g/mol. The number of hydrogen-bond acceptors (Lipinski definition) is 3. The fraction of sp³-hybridized carbons (Fsp3) is 0.500. The van der Waals surface area contributed by atoms with Crippen molar-refractivity contribution < 1.29 is 16.4 Å². The highest BCUT2D eigenvalue weighted by Crippen LogP contribution is 1.94. The zero-order valence-corrected chi connectivity index (χ0v) is 6.83. The second-order valence-corrected chi connectivity index (χ2v) is 2.37. The molecule has 0 spiro atoms. The first-order valence-electron chi connectivity index (χ1n) is 2.33. The topological polar surface area (TPSA) is 28.8 Å². The van der Waals surface area contributed by atoms with Crippen molar-refractivity contribution in [2.75, 3.05) is 12.4 Å². The molecule has 0 bridgehead atoms. The van der Waals surface area contributed by atoms with E-state index in [1.165, 1.54) is 11.7 Å². The molecule has 1 rings (SSSR count). The summed E-state index contributed by atoms with van der Waals surface area (Å²) in [6.45, 7) is 0. The molecule has 5 heteroatoms. The number of hydrogen-bond donors (Lipinski definition) is 1. The van der Waals surface area contributed by atoms with Crippen molar-refractivity contribution in [3.8, 4) is 0 Å². The smallest absolute Gasteiger partial charge is 0.268 e. The van der Waals surface area contributed by atoms with E-state index in [2.05, 4.69) is 9.69 Å². The van der Waals surface area contributed by atoms with E-state index in [1.54, 1.807) is 6.20 Å². The van der Waals surface area contributed by atoms with Gasteiger partial charge in [-0.3, -0.25) is 0 Å². The minimum Gasteiger partial charge on any atom is -1.00 e. The summed E-state index contributed by atoms with van der Waals surface area (Å²) in [4.78, 5) is 0. The number of halogens is 1. The summed E-state index contributed by atoms with van der Waals surface area (Å²) in [5, 5.41) is 2.99. The van der Waals surface area contributed by atoms with E-state index in [0.717, 1.165) is 5.82 Å². The Labute approximate surface area is 64.4 Å². The molecule has 0 aliphatic heterocycles. The number of nitrogens with one attached hydrogen (secondary N) is 1. The number of aromatic nitrogens is 2. The van der Waals surface area contributed by atoms with Crippen molar-refractivity contribution in [2.45, 2.75) is 0 Å². The van der Waals surface area contributed by atoms with Gasteiger partial charge < -0.3 is 17.7 Å². The van der Waals surface area contributed by atoms with E-state index in [1.807, 2.05) is 18.1 Å². The molecule has 0 saturated heterocycles.